The molecule has 0 aliphatic carbocycles. The highest BCUT2D eigenvalue weighted by atomic mass is 19.1. The van der Waals surface area contributed by atoms with E-state index in [0.717, 1.165) is 0 Å². The van der Waals surface area contributed by atoms with Crippen LogP contribution in [0, 0.1) is 5.82 Å². The number of pyridine rings is 1. The molecule has 0 aliphatic heterocycles. The maximum Gasteiger partial charge on any atom is 0.234 e. The van der Waals surface area contributed by atoms with Gasteiger partial charge in [0.1, 0.15) is 5.82 Å². The highest BCUT2D eigenvalue weighted by Crippen LogP contribution is 1.99. The van der Waals surface area contributed by atoms with Gasteiger partial charge in [-0.15, -0.1) is 0 Å². The van der Waals surface area contributed by atoms with Crippen LogP contribution in [0.1, 0.15) is 5.69 Å². The molecule has 1 aromatic heterocycles. The van der Waals surface area contributed by atoms with Gasteiger partial charge >= 0.3 is 0 Å². The Hall–Kier alpha value is -1.54. The van der Waals surface area contributed by atoms with E-state index in [1.54, 1.807) is 0 Å². The van der Waals surface area contributed by atoms with Crippen molar-refractivity contribution in [1.29, 1.82) is 0 Å². The van der Waals surface area contributed by atoms with E-state index in [1.807, 2.05) is 0 Å². The van der Waals surface area contributed by atoms with Crippen molar-refractivity contribution in [3.63, 3.8) is 0 Å². The molecule has 0 fully saturated rings. The standard InChI is InChI=1S/C8H7FN2O/c9-7-1-4-11-8(5-7)2-3-10-6-12/h1,4-5H,2-3H2. The monoisotopic (exact) mass is 166 g/mol. The summed E-state index contributed by atoms with van der Waals surface area (Å²) in [5.41, 5.74) is 0.592. The molecule has 1 aromatic rings. The second-order valence-corrected chi connectivity index (χ2v) is 2.19. The molecule has 0 aromatic carbocycles. The van der Waals surface area contributed by atoms with E-state index in [9.17, 15) is 9.18 Å². The summed E-state index contributed by atoms with van der Waals surface area (Å²) in [5.74, 6) is -0.324. The molecule has 0 saturated heterocycles. The van der Waals surface area contributed by atoms with Crippen molar-refractivity contribution >= 4 is 6.08 Å². The molecule has 0 saturated carbocycles. The Morgan fingerprint density at radius 2 is 2.50 bits per heavy atom. The molecule has 0 amide bonds. The minimum atomic E-state index is -0.324. The molecule has 0 N–H and O–H groups in total. The van der Waals surface area contributed by atoms with Crippen LogP contribution in [0.2, 0.25) is 0 Å². The first-order valence-corrected chi connectivity index (χ1v) is 3.47. The number of rotatable bonds is 3. The van der Waals surface area contributed by atoms with Crippen molar-refractivity contribution in [1.82, 2.24) is 4.98 Å². The molecular weight excluding hydrogens is 159 g/mol. The molecule has 0 unspecified atom stereocenters. The van der Waals surface area contributed by atoms with Gasteiger partial charge in [-0.1, -0.05) is 0 Å². The quantitative estimate of drug-likeness (QED) is 0.498. The molecule has 0 radical (unpaired) electrons. The predicted octanol–water partition coefficient (Wildman–Crippen LogP) is 1.10. The minimum absolute atomic E-state index is 0.306. The Bertz CT molecular complexity index is 308. The predicted molar refractivity (Wildman–Crippen MR) is 40.9 cm³/mol. The van der Waals surface area contributed by atoms with Crippen LogP contribution in [0.5, 0.6) is 0 Å². The van der Waals surface area contributed by atoms with E-state index in [1.165, 1.54) is 24.4 Å². The van der Waals surface area contributed by atoms with Gasteiger partial charge in [0.25, 0.3) is 0 Å². The van der Waals surface area contributed by atoms with E-state index in [-0.39, 0.29) is 5.82 Å². The van der Waals surface area contributed by atoms with Gasteiger partial charge in [0, 0.05) is 18.3 Å². The van der Waals surface area contributed by atoms with Gasteiger partial charge in [-0.05, 0) is 12.1 Å². The Labute approximate surface area is 69.0 Å². The van der Waals surface area contributed by atoms with Crippen LogP contribution in [0.4, 0.5) is 4.39 Å². The lowest BCUT2D eigenvalue weighted by Crippen LogP contribution is -1.93. The summed E-state index contributed by atoms with van der Waals surface area (Å²) >= 11 is 0. The summed E-state index contributed by atoms with van der Waals surface area (Å²) in [6, 6.07) is 2.59. The minimum Gasteiger partial charge on any atom is -0.261 e. The van der Waals surface area contributed by atoms with Gasteiger partial charge in [0.15, 0.2) is 0 Å². The summed E-state index contributed by atoms with van der Waals surface area (Å²) in [6.07, 6.45) is 3.26. The Morgan fingerprint density at radius 3 is 3.17 bits per heavy atom. The lowest BCUT2D eigenvalue weighted by atomic mass is 10.3. The summed E-state index contributed by atoms with van der Waals surface area (Å²) in [4.78, 5) is 16.9. The number of carbonyl (C=O) groups excluding carboxylic acids is 1. The third kappa shape index (κ3) is 2.60. The molecule has 0 atom stereocenters. The van der Waals surface area contributed by atoms with Gasteiger partial charge in [-0.2, -0.15) is 0 Å². The lowest BCUT2D eigenvalue weighted by Gasteiger charge is -1.94. The number of hydrogen-bond donors (Lipinski definition) is 0. The fourth-order valence-corrected chi connectivity index (χ4v) is 0.802. The van der Waals surface area contributed by atoms with Gasteiger partial charge < -0.3 is 0 Å². The smallest absolute Gasteiger partial charge is 0.234 e. The molecule has 12 heavy (non-hydrogen) atoms. The first-order chi connectivity index (χ1) is 5.83. The van der Waals surface area contributed by atoms with Crippen molar-refractivity contribution < 1.29 is 9.18 Å². The molecule has 1 rings (SSSR count). The highest BCUT2D eigenvalue weighted by Gasteiger charge is 1.94. The van der Waals surface area contributed by atoms with E-state index in [0.29, 0.717) is 18.7 Å². The normalized spacial score (nSPS) is 9.08. The zero-order valence-electron chi connectivity index (χ0n) is 6.33. The van der Waals surface area contributed by atoms with Gasteiger partial charge in [0.2, 0.25) is 6.08 Å². The molecule has 0 aliphatic rings. The maximum absolute atomic E-state index is 12.5. The number of isocyanates is 1. The van der Waals surface area contributed by atoms with Crippen molar-refractivity contribution in [2.75, 3.05) is 6.54 Å². The van der Waals surface area contributed by atoms with E-state index >= 15 is 0 Å². The Morgan fingerprint density at radius 1 is 1.67 bits per heavy atom. The molecule has 62 valence electrons. The molecule has 0 bridgehead atoms. The summed E-state index contributed by atoms with van der Waals surface area (Å²) in [6.45, 7) is 0.306. The molecule has 3 nitrogen and oxygen atoms in total. The van der Waals surface area contributed by atoms with Gasteiger partial charge in [-0.3, -0.25) is 4.98 Å². The van der Waals surface area contributed by atoms with Gasteiger partial charge in [-0.25, -0.2) is 14.2 Å². The molecule has 0 spiro atoms. The van der Waals surface area contributed by atoms with Crippen molar-refractivity contribution in [3.8, 4) is 0 Å². The summed E-state index contributed by atoms with van der Waals surface area (Å²) in [7, 11) is 0. The number of nitrogens with zero attached hydrogens (tertiary/aromatic N) is 2. The van der Waals surface area contributed by atoms with Gasteiger partial charge in [0.05, 0.1) is 6.54 Å². The van der Waals surface area contributed by atoms with Crippen LogP contribution in [0.15, 0.2) is 23.3 Å². The van der Waals surface area contributed by atoms with E-state index < -0.39 is 0 Å². The zero-order chi connectivity index (χ0) is 8.81. The SMILES string of the molecule is O=C=NCCc1cc(F)ccn1. The average molecular weight is 166 g/mol. The summed E-state index contributed by atoms with van der Waals surface area (Å²) < 4.78 is 12.5. The molecule has 1 heterocycles. The van der Waals surface area contributed by atoms with Crippen LogP contribution in [-0.4, -0.2) is 17.6 Å². The third-order valence-corrected chi connectivity index (χ3v) is 1.32. The molecule has 4 heteroatoms. The number of aromatic nitrogens is 1. The zero-order valence-corrected chi connectivity index (χ0v) is 6.33. The Balaban J connectivity index is 2.57. The van der Waals surface area contributed by atoms with Crippen LogP contribution < -0.4 is 0 Å². The highest BCUT2D eigenvalue weighted by molar-refractivity contribution is 5.32. The van der Waals surface area contributed by atoms with Crippen LogP contribution >= 0.6 is 0 Å². The van der Waals surface area contributed by atoms with Crippen molar-refractivity contribution in [3.05, 3.63) is 29.8 Å². The Kier molecular flexibility index (Phi) is 3.11. The van der Waals surface area contributed by atoms with Crippen molar-refractivity contribution in [2.45, 2.75) is 6.42 Å². The van der Waals surface area contributed by atoms with E-state index in [2.05, 4.69) is 9.98 Å². The summed E-state index contributed by atoms with van der Waals surface area (Å²) in [5, 5.41) is 0. The van der Waals surface area contributed by atoms with E-state index in [4.69, 9.17) is 0 Å². The largest absolute Gasteiger partial charge is 0.261 e. The fraction of sp³-hybridized carbons (Fsp3) is 0.250. The number of hydrogen-bond acceptors (Lipinski definition) is 3. The fourth-order valence-electron chi connectivity index (χ4n) is 0.802. The number of halogens is 1. The second kappa shape index (κ2) is 4.36. The van der Waals surface area contributed by atoms with Crippen LogP contribution in [0.25, 0.3) is 0 Å². The number of aliphatic imine (C=N–C) groups is 1. The van der Waals surface area contributed by atoms with Crippen LogP contribution in [0.3, 0.4) is 0 Å². The third-order valence-electron chi connectivity index (χ3n) is 1.32. The maximum atomic E-state index is 12.5. The van der Waals surface area contributed by atoms with Crippen LogP contribution in [-0.2, 0) is 11.2 Å². The first-order valence-electron chi connectivity index (χ1n) is 3.47. The second-order valence-electron chi connectivity index (χ2n) is 2.19. The topological polar surface area (TPSA) is 42.3 Å². The molecular formula is C8H7FN2O. The lowest BCUT2D eigenvalue weighted by molar-refractivity contribution is 0.563. The first kappa shape index (κ1) is 8.56. The average Bonchev–Trinajstić information content (AvgIpc) is 2.05. The van der Waals surface area contributed by atoms with Crippen molar-refractivity contribution in [2.24, 2.45) is 4.99 Å².